The van der Waals surface area contributed by atoms with Crippen LogP contribution in [0.1, 0.15) is 24.1 Å². The number of aromatic nitrogens is 5. The molecule has 7 heteroatoms. The molecule has 0 radical (unpaired) electrons. The van der Waals surface area contributed by atoms with Crippen molar-refractivity contribution in [1.29, 1.82) is 0 Å². The van der Waals surface area contributed by atoms with Crippen molar-refractivity contribution in [3.63, 3.8) is 0 Å². The van der Waals surface area contributed by atoms with Gasteiger partial charge in [0.2, 0.25) is 0 Å². The topological polar surface area (TPSA) is 51.2 Å². The first kappa shape index (κ1) is 15.7. The van der Waals surface area contributed by atoms with E-state index < -0.39 is 0 Å². The van der Waals surface area contributed by atoms with Gasteiger partial charge >= 0.3 is 0 Å². The normalized spacial score (nSPS) is 15.2. The molecule has 4 aromatic rings. The number of hydrogen-bond acceptors (Lipinski definition) is 5. The maximum Gasteiger partial charge on any atom is 0.137 e. The minimum Gasteiger partial charge on any atom is -0.307 e. The molecule has 4 aromatic heterocycles. The van der Waals surface area contributed by atoms with Crippen LogP contribution in [0.25, 0.3) is 16.2 Å². The molecule has 5 rings (SSSR count). The Morgan fingerprint density at radius 1 is 1.08 bits per heavy atom. The second-order valence-corrected chi connectivity index (χ2v) is 7.71. The Bertz CT molecular complexity index is 990. The number of pyridine rings is 1. The molecule has 1 aliphatic rings. The highest BCUT2D eigenvalue weighted by Crippen LogP contribution is 2.26. The smallest absolute Gasteiger partial charge is 0.137 e. The third-order valence-corrected chi connectivity index (χ3v) is 5.79. The van der Waals surface area contributed by atoms with Crippen LogP contribution in [0.4, 0.5) is 0 Å². The van der Waals surface area contributed by atoms with Crippen molar-refractivity contribution in [3.8, 4) is 10.6 Å². The lowest BCUT2D eigenvalue weighted by atomic mass is 10.2. The van der Waals surface area contributed by atoms with Crippen LogP contribution >= 0.6 is 11.3 Å². The summed E-state index contributed by atoms with van der Waals surface area (Å²) in [5.41, 5.74) is 4.24. The average molecular weight is 364 g/mol. The van der Waals surface area contributed by atoms with E-state index in [1.54, 1.807) is 11.3 Å². The predicted molar refractivity (Wildman–Crippen MR) is 102 cm³/mol. The summed E-state index contributed by atoms with van der Waals surface area (Å²) in [6.07, 6.45) is 8.71. The number of nitrogens with zero attached hydrogens (tertiary/aromatic N) is 6. The first-order valence-corrected chi connectivity index (χ1v) is 9.84. The van der Waals surface area contributed by atoms with E-state index in [1.165, 1.54) is 36.4 Å². The van der Waals surface area contributed by atoms with Crippen molar-refractivity contribution >= 4 is 17.0 Å². The van der Waals surface area contributed by atoms with Gasteiger partial charge in [-0.2, -0.15) is 0 Å². The van der Waals surface area contributed by atoms with Gasteiger partial charge in [-0.25, -0.2) is 9.67 Å². The zero-order chi connectivity index (χ0) is 17.3. The molecule has 0 aliphatic carbocycles. The van der Waals surface area contributed by atoms with Crippen molar-refractivity contribution in [2.75, 3.05) is 13.1 Å². The van der Waals surface area contributed by atoms with Gasteiger partial charge in [0.15, 0.2) is 0 Å². The standard InChI is InChI=1S/C19H20N6S/c1-2-8-24-11-16(20-19(24)5-1)12-25-13-17(21-22-25)18-9-15(14-26-18)10-23-6-3-4-7-23/h1-2,5,8-9,11,13-14H,3-4,6-7,10,12H2. The maximum atomic E-state index is 4.62. The Morgan fingerprint density at radius 3 is 2.88 bits per heavy atom. The molecule has 6 nitrogen and oxygen atoms in total. The summed E-state index contributed by atoms with van der Waals surface area (Å²) in [7, 11) is 0. The lowest BCUT2D eigenvalue weighted by Crippen LogP contribution is -2.17. The molecule has 5 heterocycles. The van der Waals surface area contributed by atoms with E-state index in [1.807, 2.05) is 45.9 Å². The number of rotatable bonds is 5. The largest absolute Gasteiger partial charge is 0.307 e. The molecule has 1 saturated heterocycles. The summed E-state index contributed by atoms with van der Waals surface area (Å²) in [5.74, 6) is 0. The molecule has 1 aliphatic heterocycles. The SMILES string of the molecule is c1ccn2cc(Cn3cc(-c4cc(CN5CCCC5)cs4)nn3)nc2c1. The fourth-order valence-corrected chi connectivity index (χ4v) is 4.36. The van der Waals surface area contributed by atoms with Gasteiger partial charge < -0.3 is 4.40 Å². The molecule has 0 spiro atoms. The molecule has 0 saturated carbocycles. The zero-order valence-corrected chi connectivity index (χ0v) is 15.3. The van der Waals surface area contributed by atoms with Crippen LogP contribution in [0.3, 0.4) is 0 Å². The summed E-state index contributed by atoms with van der Waals surface area (Å²) in [6, 6.07) is 8.25. The number of imidazole rings is 1. The van der Waals surface area contributed by atoms with E-state index in [0.717, 1.165) is 23.6 Å². The Balaban J connectivity index is 1.31. The third-order valence-electron chi connectivity index (χ3n) is 4.79. The second-order valence-electron chi connectivity index (χ2n) is 6.80. The van der Waals surface area contributed by atoms with Gasteiger partial charge in [0.25, 0.3) is 0 Å². The summed E-state index contributed by atoms with van der Waals surface area (Å²) in [6.45, 7) is 4.12. The van der Waals surface area contributed by atoms with E-state index in [9.17, 15) is 0 Å². The quantitative estimate of drug-likeness (QED) is 0.545. The Morgan fingerprint density at radius 2 is 2.00 bits per heavy atom. The third kappa shape index (κ3) is 3.15. The van der Waals surface area contributed by atoms with Crippen LogP contribution in [0.5, 0.6) is 0 Å². The monoisotopic (exact) mass is 364 g/mol. The van der Waals surface area contributed by atoms with Crippen molar-refractivity contribution < 1.29 is 0 Å². The maximum absolute atomic E-state index is 4.62. The molecule has 0 N–H and O–H groups in total. The molecule has 132 valence electrons. The number of fused-ring (bicyclic) bond motifs is 1. The molecule has 1 fully saturated rings. The van der Waals surface area contributed by atoms with Crippen LogP contribution in [-0.4, -0.2) is 42.4 Å². The van der Waals surface area contributed by atoms with E-state index in [2.05, 4.69) is 31.6 Å². The van der Waals surface area contributed by atoms with Gasteiger partial charge in [-0.1, -0.05) is 11.3 Å². The van der Waals surface area contributed by atoms with Crippen molar-refractivity contribution in [1.82, 2.24) is 29.3 Å². The van der Waals surface area contributed by atoms with Gasteiger partial charge in [-0.15, -0.1) is 16.4 Å². The van der Waals surface area contributed by atoms with Gasteiger partial charge in [0.1, 0.15) is 11.3 Å². The van der Waals surface area contributed by atoms with Crippen LogP contribution in [0, 0.1) is 0 Å². The summed E-state index contributed by atoms with van der Waals surface area (Å²) < 4.78 is 3.88. The van der Waals surface area contributed by atoms with Crippen molar-refractivity contribution in [2.24, 2.45) is 0 Å². The highest BCUT2D eigenvalue weighted by atomic mass is 32.1. The Hall–Kier alpha value is -2.51. The van der Waals surface area contributed by atoms with Gasteiger partial charge in [0, 0.05) is 18.9 Å². The Kier molecular flexibility index (Phi) is 4.03. The molecule has 0 aromatic carbocycles. The molecule has 0 amide bonds. The van der Waals surface area contributed by atoms with E-state index in [4.69, 9.17) is 0 Å². The van der Waals surface area contributed by atoms with Crippen molar-refractivity contribution in [2.45, 2.75) is 25.9 Å². The number of thiophene rings is 1. The lowest BCUT2D eigenvalue weighted by Gasteiger charge is -2.12. The van der Waals surface area contributed by atoms with Gasteiger partial charge in [-0.3, -0.25) is 4.90 Å². The summed E-state index contributed by atoms with van der Waals surface area (Å²) in [4.78, 5) is 8.32. The summed E-state index contributed by atoms with van der Waals surface area (Å²) >= 11 is 1.75. The molecule has 0 atom stereocenters. The first-order valence-electron chi connectivity index (χ1n) is 8.96. The molecular weight excluding hydrogens is 344 g/mol. The lowest BCUT2D eigenvalue weighted by molar-refractivity contribution is 0.332. The highest BCUT2D eigenvalue weighted by Gasteiger charge is 2.14. The van der Waals surface area contributed by atoms with Crippen LogP contribution in [0.2, 0.25) is 0 Å². The fourth-order valence-electron chi connectivity index (χ4n) is 3.51. The van der Waals surface area contributed by atoms with E-state index in [-0.39, 0.29) is 0 Å². The van der Waals surface area contributed by atoms with Crippen LogP contribution in [0.15, 0.2) is 48.2 Å². The predicted octanol–water partition coefficient (Wildman–Crippen LogP) is 3.30. The van der Waals surface area contributed by atoms with Crippen LogP contribution < -0.4 is 0 Å². The molecular formula is C19H20N6S. The summed E-state index contributed by atoms with van der Waals surface area (Å²) in [5, 5.41) is 10.9. The van der Waals surface area contributed by atoms with Crippen LogP contribution in [-0.2, 0) is 13.1 Å². The first-order chi connectivity index (χ1) is 12.8. The van der Waals surface area contributed by atoms with Crippen molar-refractivity contribution in [3.05, 3.63) is 59.5 Å². The van der Waals surface area contributed by atoms with Gasteiger partial charge in [0.05, 0.1) is 23.3 Å². The minimum atomic E-state index is 0.626. The highest BCUT2D eigenvalue weighted by molar-refractivity contribution is 7.13. The number of likely N-dealkylation sites (tertiary alicyclic amines) is 1. The Labute approximate surface area is 155 Å². The minimum absolute atomic E-state index is 0.626. The second kappa shape index (κ2) is 6.66. The average Bonchev–Trinajstić information content (AvgIpc) is 3.42. The fraction of sp³-hybridized carbons (Fsp3) is 0.316. The molecule has 26 heavy (non-hydrogen) atoms. The zero-order valence-electron chi connectivity index (χ0n) is 14.5. The molecule has 0 unspecified atom stereocenters. The van der Waals surface area contributed by atoms with Gasteiger partial charge in [-0.05, 0) is 55.1 Å². The van der Waals surface area contributed by atoms with E-state index >= 15 is 0 Å². The number of hydrogen-bond donors (Lipinski definition) is 0. The van der Waals surface area contributed by atoms with E-state index in [0.29, 0.717) is 6.54 Å². The molecule has 0 bridgehead atoms.